The molecule has 0 aliphatic rings. The fourth-order valence-electron chi connectivity index (χ4n) is 4.60. The van der Waals surface area contributed by atoms with Gasteiger partial charge in [-0.3, -0.25) is 9.59 Å². The Bertz CT molecular complexity index is 1880. The van der Waals surface area contributed by atoms with Crippen molar-refractivity contribution in [1.29, 1.82) is 0 Å². The minimum Gasteiger partial charge on any atom is -0.497 e. The Hall–Kier alpha value is -5.84. The lowest BCUT2D eigenvalue weighted by Crippen LogP contribution is -2.11. The zero-order valence-electron chi connectivity index (χ0n) is 27.4. The van der Waals surface area contributed by atoms with E-state index in [2.05, 4.69) is 10.6 Å². The molecule has 50 heavy (non-hydrogen) atoms. The van der Waals surface area contributed by atoms with E-state index in [-0.39, 0.29) is 23.3 Å². The van der Waals surface area contributed by atoms with Crippen molar-refractivity contribution in [2.24, 2.45) is 0 Å². The molecule has 12 heteroatoms. The van der Waals surface area contributed by atoms with Gasteiger partial charge in [0.1, 0.15) is 34.5 Å². The van der Waals surface area contributed by atoms with Crippen LogP contribution in [0.2, 0.25) is 10.0 Å². The Balaban J connectivity index is 0.000000194. The molecule has 0 saturated heterocycles. The number of methoxy groups -OCH3 is 4. The van der Waals surface area contributed by atoms with E-state index in [4.69, 9.17) is 51.0 Å². The van der Waals surface area contributed by atoms with Crippen molar-refractivity contribution < 1.29 is 37.4 Å². The summed E-state index contributed by atoms with van der Waals surface area (Å²) < 4.78 is 32.0. The van der Waals surface area contributed by atoms with Crippen LogP contribution in [0.25, 0.3) is 22.6 Å². The lowest BCUT2D eigenvalue weighted by Gasteiger charge is -2.09. The van der Waals surface area contributed by atoms with E-state index in [1.807, 2.05) is 24.3 Å². The molecular weight excluding hydrogens is 683 g/mol. The van der Waals surface area contributed by atoms with Crippen molar-refractivity contribution in [3.05, 3.63) is 131 Å². The van der Waals surface area contributed by atoms with Crippen LogP contribution in [0.5, 0.6) is 23.0 Å². The summed E-state index contributed by atoms with van der Waals surface area (Å²) in [5, 5.41) is 6.81. The minimum absolute atomic E-state index is 0.201. The summed E-state index contributed by atoms with van der Waals surface area (Å²) in [6.07, 6.45) is 0. The van der Waals surface area contributed by atoms with Crippen molar-refractivity contribution >= 4 is 46.4 Å². The molecule has 0 saturated carbocycles. The van der Waals surface area contributed by atoms with Gasteiger partial charge < -0.3 is 38.4 Å². The van der Waals surface area contributed by atoms with Crippen LogP contribution in [0, 0.1) is 0 Å². The van der Waals surface area contributed by atoms with Crippen LogP contribution in [-0.4, -0.2) is 40.3 Å². The smallest absolute Gasteiger partial charge is 0.291 e. The number of benzene rings is 4. The van der Waals surface area contributed by atoms with E-state index >= 15 is 0 Å². The fraction of sp³-hybridized carbons (Fsp3) is 0.105. The van der Waals surface area contributed by atoms with E-state index in [1.54, 1.807) is 113 Å². The SMILES string of the molecule is COc1cc(NC(=O)c2ccc(-c3ccc(Cl)cc3)o2)cc(OC)c1.COc1cc(NC(=O)c2ccc(-c3ccc(Cl)cc3)o2)cc(OC)c1. The number of ether oxygens (including phenoxy) is 4. The standard InChI is InChI=1S/2C19H16ClNO4/c2*1-23-15-9-14(10-16(11-15)24-2)21-19(22)18-8-7-17(25-18)12-3-5-13(20)6-4-12/h2*3-11H,1-2H3,(H,21,22). The first kappa shape index (κ1) is 35.5. The van der Waals surface area contributed by atoms with E-state index < -0.39 is 0 Å². The number of carbonyl (C=O) groups is 2. The van der Waals surface area contributed by atoms with Crippen LogP contribution < -0.4 is 29.6 Å². The summed E-state index contributed by atoms with van der Waals surface area (Å²) in [5.74, 6) is 3.17. The molecule has 2 heterocycles. The Morgan fingerprint density at radius 3 is 1.10 bits per heavy atom. The van der Waals surface area contributed by atoms with E-state index in [1.165, 1.54) is 0 Å². The molecule has 2 N–H and O–H groups in total. The maximum Gasteiger partial charge on any atom is 0.291 e. The zero-order valence-corrected chi connectivity index (χ0v) is 28.9. The van der Waals surface area contributed by atoms with Crippen LogP contribution >= 0.6 is 23.2 Å². The molecular formula is C38H32Cl2N2O8. The number of rotatable bonds is 10. The first-order valence-electron chi connectivity index (χ1n) is 15.0. The summed E-state index contributed by atoms with van der Waals surface area (Å²) in [7, 11) is 6.19. The average molecular weight is 716 g/mol. The van der Waals surface area contributed by atoms with Crippen molar-refractivity contribution in [3.63, 3.8) is 0 Å². The van der Waals surface area contributed by atoms with Gasteiger partial charge in [0, 0.05) is 68.9 Å². The fourth-order valence-corrected chi connectivity index (χ4v) is 4.86. The van der Waals surface area contributed by atoms with Gasteiger partial charge in [0.15, 0.2) is 11.5 Å². The second-order valence-electron chi connectivity index (χ2n) is 10.5. The molecule has 0 atom stereocenters. The first-order valence-corrected chi connectivity index (χ1v) is 15.7. The lowest BCUT2D eigenvalue weighted by molar-refractivity contribution is 0.0990. The van der Waals surface area contributed by atoms with Crippen LogP contribution in [0.4, 0.5) is 11.4 Å². The van der Waals surface area contributed by atoms with Gasteiger partial charge in [-0.1, -0.05) is 23.2 Å². The molecule has 256 valence electrons. The maximum atomic E-state index is 12.4. The molecule has 0 fully saturated rings. The normalized spacial score (nSPS) is 10.4. The van der Waals surface area contributed by atoms with E-state index in [0.29, 0.717) is 55.9 Å². The second kappa shape index (κ2) is 16.5. The molecule has 0 radical (unpaired) electrons. The number of hydrogen-bond donors (Lipinski definition) is 2. The number of amides is 2. The molecule has 6 rings (SSSR count). The van der Waals surface area contributed by atoms with Gasteiger partial charge in [-0.05, 0) is 72.8 Å². The molecule has 2 amide bonds. The van der Waals surface area contributed by atoms with Gasteiger partial charge in [0.2, 0.25) is 0 Å². The molecule has 0 aliphatic carbocycles. The highest BCUT2D eigenvalue weighted by molar-refractivity contribution is 6.30. The molecule has 0 bridgehead atoms. The zero-order chi connectivity index (χ0) is 35.6. The number of furan rings is 2. The number of halogens is 2. The largest absolute Gasteiger partial charge is 0.497 e. The maximum absolute atomic E-state index is 12.4. The summed E-state index contributed by atoms with van der Waals surface area (Å²) >= 11 is 11.8. The molecule has 0 unspecified atom stereocenters. The lowest BCUT2D eigenvalue weighted by atomic mass is 10.2. The summed E-state index contributed by atoms with van der Waals surface area (Å²) in [6, 6.07) is 31.3. The molecule has 10 nitrogen and oxygen atoms in total. The number of nitrogens with one attached hydrogen (secondary N) is 2. The second-order valence-corrected chi connectivity index (χ2v) is 11.3. The highest BCUT2D eigenvalue weighted by atomic mass is 35.5. The van der Waals surface area contributed by atoms with Crippen molar-refractivity contribution in [2.45, 2.75) is 0 Å². The number of hydrogen-bond acceptors (Lipinski definition) is 8. The van der Waals surface area contributed by atoms with Crippen molar-refractivity contribution in [3.8, 4) is 45.6 Å². The predicted molar refractivity (Wildman–Crippen MR) is 193 cm³/mol. The van der Waals surface area contributed by atoms with Gasteiger partial charge in [0.25, 0.3) is 11.8 Å². The Morgan fingerprint density at radius 2 is 0.800 bits per heavy atom. The number of carbonyl (C=O) groups excluding carboxylic acids is 2. The molecule has 2 aromatic heterocycles. The quantitative estimate of drug-likeness (QED) is 0.144. The Labute approximate surface area is 298 Å². The van der Waals surface area contributed by atoms with E-state index in [0.717, 1.165) is 11.1 Å². The Kier molecular flexibility index (Phi) is 11.7. The molecule has 4 aromatic carbocycles. The summed E-state index contributed by atoms with van der Waals surface area (Å²) in [5.41, 5.74) is 2.77. The first-order chi connectivity index (χ1) is 24.2. The average Bonchev–Trinajstić information content (AvgIpc) is 3.84. The van der Waals surface area contributed by atoms with E-state index in [9.17, 15) is 9.59 Å². The van der Waals surface area contributed by atoms with Gasteiger partial charge in [-0.15, -0.1) is 0 Å². The third-order valence-electron chi connectivity index (χ3n) is 7.14. The van der Waals surface area contributed by atoms with Crippen LogP contribution in [0.15, 0.2) is 118 Å². The predicted octanol–water partition coefficient (Wildman–Crippen LogP) is 9.74. The van der Waals surface area contributed by atoms with Crippen LogP contribution in [0.3, 0.4) is 0 Å². The minimum atomic E-state index is -0.365. The summed E-state index contributed by atoms with van der Waals surface area (Å²) in [4.78, 5) is 24.8. The monoisotopic (exact) mass is 714 g/mol. The number of anilines is 2. The molecule has 0 spiro atoms. The van der Waals surface area contributed by atoms with Crippen molar-refractivity contribution in [1.82, 2.24) is 0 Å². The van der Waals surface area contributed by atoms with Crippen LogP contribution in [0.1, 0.15) is 21.1 Å². The van der Waals surface area contributed by atoms with Gasteiger partial charge >= 0.3 is 0 Å². The van der Waals surface area contributed by atoms with Crippen molar-refractivity contribution in [2.75, 3.05) is 39.1 Å². The Morgan fingerprint density at radius 1 is 0.480 bits per heavy atom. The van der Waals surface area contributed by atoms with Gasteiger partial charge in [-0.2, -0.15) is 0 Å². The highest BCUT2D eigenvalue weighted by Gasteiger charge is 2.15. The van der Waals surface area contributed by atoms with Gasteiger partial charge in [-0.25, -0.2) is 0 Å². The third kappa shape index (κ3) is 9.19. The highest BCUT2D eigenvalue weighted by Crippen LogP contribution is 2.29. The third-order valence-corrected chi connectivity index (χ3v) is 7.64. The summed E-state index contributed by atoms with van der Waals surface area (Å²) in [6.45, 7) is 0. The topological polar surface area (TPSA) is 121 Å². The molecule has 6 aromatic rings. The molecule has 0 aliphatic heterocycles. The van der Waals surface area contributed by atoms with Crippen LogP contribution in [-0.2, 0) is 0 Å². The van der Waals surface area contributed by atoms with Gasteiger partial charge in [0.05, 0.1) is 28.4 Å².